The number of hydrogen-bond acceptors (Lipinski definition) is 7. The van der Waals surface area contributed by atoms with Gasteiger partial charge in [0.25, 0.3) is 0 Å². The molecule has 0 bridgehead atoms. The van der Waals surface area contributed by atoms with Gasteiger partial charge in [0, 0.05) is 6.20 Å². The molecule has 0 radical (unpaired) electrons. The number of ether oxygens (including phenoxy) is 1. The van der Waals surface area contributed by atoms with Crippen molar-refractivity contribution in [2.24, 2.45) is 0 Å². The van der Waals surface area contributed by atoms with Crippen LogP contribution in [0.1, 0.15) is 11.8 Å². The van der Waals surface area contributed by atoms with Gasteiger partial charge in [0.05, 0.1) is 6.61 Å². The van der Waals surface area contributed by atoms with Crippen molar-refractivity contribution in [2.75, 3.05) is 12.3 Å². The molecule has 1 aromatic heterocycles. The van der Waals surface area contributed by atoms with Gasteiger partial charge in [-0.05, 0) is 0 Å². The van der Waals surface area contributed by atoms with Crippen LogP contribution in [0.3, 0.4) is 0 Å². The number of rotatable bonds is 2. The Balaban J connectivity index is 2.48. The molecule has 1 aliphatic heterocycles. The van der Waals surface area contributed by atoms with Crippen molar-refractivity contribution < 1.29 is 33.2 Å². The van der Waals surface area contributed by atoms with E-state index in [1.54, 1.807) is 0 Å². The van der Waals surface area contributed by atoms with Crippen molar-refractivity contribution in [3.63, 3.8) is 0 Å². The first-order chi connectivity index (χ1) is 9.66. The minimum Gasteiger partial charge on any atom is -0.394 e. The average molecular weight is 311 g/mol. The van der Waals surface area contributed by atoms with Gasteiger partial charge in [-0.2, -0.15) is 18.2 Å². The van der Waals surface area contributed by atoms with E-state index >= 15 is 0 Å². The highest BCUT2D eigenvalue weighted by molar-refractivity contribution is 5.39. The standard InChI is InChI=1S/C10H12F3N3O5/c11-10(12,13)3-1-16(9(20)15-7(3)14)8-6(19)5(18)4(2-17)21-8/h1,4-6,8,17-19H,2H2,(H2,14,15,20). The number of aliphatic hydroxyl groups is 3. The number of anilines is 1. The molecule has 1 saturated heterocycles. The van der Waals surface area contributed by atoms with Crippen LogP contribution in [0.5, 0.6) is 0 Å². The molecule has 118 valence electrons. The number of hydrogen-bond donors (Lipinski definition) is 4. The molecule has 21 heavy (non-hydrogen) atoms. The smallest absolute Gasteiger partial charge is 0.394 e. The summed E-state index contributed by atoms with van der Waals surface area (Å²) < 4.78 is 43.6. The summed E-state index contributed by atoms with van der Waals surface area (Å²) in [6.45, 7) is -0.683. The summed E-state index contributed by atoms with van der Waals surface area (Å²) in [6, 6.07) is 0. The molecule has 1 aliphatic rings. The lowest BCUT2D eigenvalue weighted by molar-refractivity contribution is -0.138. The van der Waals surface area contributed by atoms with E-state index in [4.69, 9.17) is 15.6 Å². The van der Waals surface area contributed by atoms with Crippen molar-refractivity contribution in [3.05, 3.63) is 22.2 Å². The topological polar surface area (TPSA) is 131 Å². The van der Waals surface area contributed by atoms with E-state index in [9.17, 15) is 28.2 Å². The lowest BCUT2D eigenvalue weighted by atomic mass is 10.1. The Morgan fingerprint density at radius 1 is 1.38 bits per heavy atom. The molecular formula is C10H12F3N3O5. The lowest BCUT2D eigenvalue weighted by Gasteiger charge is -2.19. The van der Waals surface area contributed by atoms with Gasteiger partial charge >= 0.3 is 11.9 Å². The highest BCUT2D eigenvalue weighted by Crippen LogP contribution is 2.34. The maximum atomic E-state index is 12.7. The fraction of sp³-hybridized carbons (Fsp3) is 0.600. The van der Waals surface area contributed by atoms with Crippen LogP contribution in [-0.4, -0.2) is 49.8 Å². The van der Waals surface area contributed by atoms with Crippen molar-refractivity contribution >= 4 is 5.82 Å². The van der Waals surface area contributed by atoms with Gasteiger partial charge in [-0.25, -0.2) is 4.79 Å². The number of halogens is 3. The number of nitrogens with zero attached hydrogens (tertiary/aromatic N) is 2. The Labute approximate surface area is 115 Å². The summed E-state index contributed by atoms with van der Waals surface area (Å²) >= 11 is 0. The summed E-state index contributed by atoms with van der Waals surface area (Å²) in [5.41, 5.74) is 2.49. The van der Waals surface area contributed by atoms with Crippen LogP contribution in [-0.2, 0) is 10.9 Å². The van der Waals surface area contributed by atoms with Crippen molar-refractivity contribution in [2.45, 2.75) is 30.7 Å². The van der Waals surface area contributed by atoms with Gasteiger partial charge in [0.2, 0.25) is 0 Å². The Morgan fingerprint density at radius 2 is 2.00 bits per heavy atom. The molecule has 0 spiro atoms. The third kappa shape index (κ3) is 2.72. The molecule has 1 fully saturated rings. The summed E-state index contributed by atoms with van der Waals surface area (Å²) in [4.78, 5) is 14.6. The molecule has 0 amide bonds. The second-order valence-electron chi connectivity index (χ2n) is 4.46. The van der Waals surface area contributed by atoms with Crippen LogP contribution in [0.2, 0.25) is 0 Å². The zero-order chi connectivity index (χ0) is 15.9. The second kappa shape index (κ2) is 5.26. The number of alkyl halides is 3. The van der Waals surface area contributed by atoms with E-state index < -0.39 is 54.4 Å². The van der Waals surface area contributed by atoms with Gasteiger partial charge in [-0.3, -0.25) is 4.57 Å². The SMILES string of the molecule is Nc1nc(=O)n(C2OC(CO)C(O)C2O)cc1C(F)(F)F. The van der Waals surface area contributed by atoms with Crippen LogP contribution in [0.25, 0.3) is 0 Å². The summed E-state index contributed by atoms with van der Waals surface area (Å²) in [5.74, 6) is -1.00. The number of aromatic nitrogens is 2. The van der Waals surface area contributed by atoms with Crippen molar-refractivity contribution in [1.29, 1.82) is 0 Å². The van der Waals surface area contributed by atoms with E-state index in [1.165, 1.54) is 0 Å². The summed E-state index contributed by atoms with van der Waals surface area (Å²) in [7, 11) is 0. The monoisotopic (exact) mass is 311 g/mol. The van der Waals surface area contributed by atoms with Crippen LogP contribution >= 0.6 is 0 Å². The van der Waals surface area contributed by atoms with E-state index in [-0.39, 0.29) is 0 Å². The number of nitrogen functional groups attached to an aromatic ring is 1. The fourth-order valence-electron chi connectivity index (χ4n) is 1.99. The highest BCUT2D eigenvalue weighted by Gasteiger charge is 2.45. The van der Waals surface area contributed by atoms with Crippen molar-refractivity contribution in [3.8, 4) is 0 Å². The predicted octanol–water partition coefficient (Wildman–Crippen LogP) is -1.54. The third-order valence-electron chi connectivity index (χ3n) is 3.08. The molecule has 11 heteroatoms. The van der Waals surface area contributed by atoms with Crippen LogP contribution in [0.4, 0.5) is 19.0 Å². The summed E-state index contributed by atoms with van der Waals surface area (Å²) in [6.07, 6.45) is -10.6. The Kier molecular flexibility index (Phi) is 3.93. The molecule has 4 unspecified atom stereocenters. The molecule has 1 aromatic rings. The highest BCUT2D eigenvalue weighted by atomic mass is 19.4. The van der Waals surface area contributed by atoms with Crippen LogP contribution in [0, 0.1) is 0 Å². The van der Waals surface area contributed by atoms with Gasteiger partial charge in [-0.15, -0.1) is 0 Å². The quantitative estimate of drug-likeness (QED) is 0.520. The van der Waals surface area contributed by atoms with E-state index in [0.29, 0.717) is 10.8 Å². The fourth-order valence-corrected chi connectivity index (χ4v) is 1.99. The third-order valence-corrected chi connectivity index (χ3v) is 3.08. The first kappa shape index (κ1) is 15.7. The molecule has 4 atom stereocenters. The van der Waals surface area contributed by atoms with Gasteiger partial charge in [0.1, 0.15) is 29.7 Å². The molecule has 0 aromatic carbocycles. The Morgan fingerprint density at radius 3 is 2.48 bits per heavy atom. The van der Waals surface area contributed by atoms with Gasteiger partial charge in [0.15, 0.2) is 6.23 Å². The Bertz CT molecular complexity index is 590. The van der Waals surface area contributed by atoms with E-state index in [1.807, 2.05) is 0 Å². The lowest BCUT2D eigenvalue weighted by Crippen LogP contribution is -2.37. The number of aliphatic hydroxyl groups excluding tert-OH is 3. The minimum absolute atomic E-state index is 0.352. The molecule has 2 heterocycles. The molecular weight excluding hydrogens is 299 g/mol. The average Bonchev–Trinajstić information content (AvgIpc) is 2.65. The summed E-state index contributed by atoms with van der Waals surface area (Å²) in [5, 5.41) is 28.2. The maximum absolute atomic E-state index is 12.7. The predicted molar refractivity (Wildman–Crippen MR) is 60.9 cm³/mol. The first-order valence-electron chi connectivity index (χ1n) is 5.75. The van der Waals surface area contributed by atoms with Crippen LogP contribution < -0.4 is 11.4 Å². The molecule has 5 N–H and O–H groups in total. The maximum Gasteiger partial charge on any atom is 0.421 e. The normalized spacial score (nSPS) is 29.8. The number of nitrogens with two attached hydrogens (primary N) is 1. The molecule has 8 nitrogen and oxygen atoms in total. The largest absolute Gasteiger partial charge is 0.421 e. The zero-order valence-corrected chi connectivity index (χ0v) is 10.4. The second-order valence-corrected chi connectivity index (χ2v) is 4.46. The van der Waals surface area contributed by atoms with Crippen molar-refractivity contribution in [1.82, 2.24) is 9.55 Å². The van der Waals surface area contributed by atoms with Crippen LogP contribution in [0.15, 0.2) is 11.0 Å². The van der Waals surface area contributed by atoms with E-state index in [2.05, 4.69) is 4.98 Å². The Hall–Kier alpha value is -1.69. The van der Waals surface area contributed by atoms with Gasteiger partial charge in [-0.1, -0.05) is 0 Å². The molecule has 2 rings (SSSR count). The minimum atomic E-state index is -4.86. The molecule has 0 aliphatic carbocycles. The first-order valence-corrected chi connectivity index (χ1v) is 5.75. The molecule has 0 saturated carbocycles. The van der Waals surface area contributed by atoms with E-state index in [0.717, 1.165) is 0 Å². The van der Waals surface area contributed by atoms with Gasteiger partial charge < -0.3 is 25.8 Å². The zero-order valence-electron chi connectivity index (χ0n) is 10.4.